The van der Waals surface area contributed by atoms with Crippen molar-refractivity contribution in [3.63, 3.8) is 0 Å². The Morgan fingerprint density at radius 1 is 1.06 bits per heavy atom. The van der Waals surface area contributed by atoms with Crippen LogP contribution in [-0.4, -0.2) is 5.78 Å². The number of benzene rings is 1. The van der Waals surface area contributed by atoms with E-state index in [0.717, 1.165) is 20.7 Å². The Kier molecular flexibility index (Phi) is 2.80. The molecule has 0 unspecified atom stereocenters. The van der Waals surface area contributed by atoms with E-state index in [1.54, 1.807) is 22.7 Å². The second-order valence-electron chi connectivity index (χ2n) is 4.30. The van der Waals surface area contributed by atoms with Gasteiger partial charge in [0.15, 0.2) is 0 Å². The molecule has 3 rings (SSSR count). The molecule has 0 aliphatic heterocycles. The third-order valence-electron chi connectivity index (χ3n) is 2.93. The minimum atomic E-state index is 0.151. The van der Waals surface area contributed by atoms with Crippen LogP contribution in [0.5, 0.6) is 0 Å². The Morgan fingerprint density at radius 3 is 2.50 bits per heavy atom. The summed E-state index contributed by atoms with van der Waals surface area (Å²) < 4.78 is 1.17. The average Bonchev–Trinajstić information content (AvgIpc) is 2.91. The molecule has 1 aromatic carbocycles. The van der Waals surface area contributed by atoms with E-state index in [1.807, 2.05) is 44.2 Å². The molecule has 0 aliphatic carbocycles. The minimum Gasteiger partial charge on any atom is -0.288 e. The normalized spacial score (nSPS) is 11.0. The molecule has 0 N–H and O–H groups in total. The van der Waals surface area contributed by atoms with Crippen molar-refractivity contribution in [2.75, 3.05) is 0 Å². The van der Waals surface area contributed by atoms with Crippen molar-refractivity contribution in [3.8, 4) is 0 Å². The zero-order valence-corrected chi connectivity index (χ0v) is 11.8. The number of carbonyl (C=O) groups is 1. The third kappa shape index (κ3) is 1.89. The molecule has 0 spiro atoms. The topological polar surface area (TPSA) is 17.1 Å². The lowest BCUT2D eigenvalue weighted by Gasteiger charge is -1.94. The van der Waals surface area contributed by atoms with Gasteiger partial charge in [0.05, 0.1) is 4.88 Å². The lowest BCUT2D eigenvalue weighted by Crippen LogP contribution is -1.97. The van der Waals surface area contributed by atoms with Crippen molar-refractivity contribution in [1.29, 1.82) is 0 Å². The summed E-state index contributed by atoms with van der Waals surface area (Å²) in [5.41, 5.74) is 0.851. The number of aryl methyl sites for hydroxylation is 2. The number of thiophene rings is 2. The number of ketones is 1. The minimum absolute atomic E-state index is 0.151. The van der Waals surface area contributed by atoms with E-state index < -0.39 is 0 Å². The lowest BCUT2D eigenvalue weighted by molar-refractivity contribution is 0.104. The first-order chi connectivity index (χ1) is 8.65. The van der Waals surface area contributed by atoms with Gasteiger partial charge in [0, 0.05) is 20.0 Å². The fraction of sp³-hybridized carbons (Fsp3) is 0.133. The molecule has 3 heteroatoms. The quantitative estimate of drug-likeness (QED) is 0.612. The number of hydrogen-bond acceptors (Lipinski definition) is 3. The van der Waals surface area contributed by atoms with Gasteiger partial charge in [-0.1, -0.05) is 18.2 Å². The summed E-state index contributed by atoms with van der Waals surface area (Å²) in [5, 5.41) is 1.15. The number of fused-ring (bicyclic) bond motifs is 1. The highest BCUT2D eigenvalue weighted by atomic mass is 32.1. The van der Waals surface area contributed by atoms with Crippen LogP contribution in [0.1, 0.15) is 25.0 Å². The van der Waals surface area contributed by atoms with Gasteiger partial charge in [-0.3, -0.25) is 4.79 Å². The number of rotatable bonds is 2. The summed E-state index contributed by atoms with van der Waals surface area (Å²) in [5.74, 6) is 0.151. The molecule has 0 amide bonds. The van der Waals surface area contributed by atoms with Gasteiger partial charge < -0.3 is 0 Å². The van der Waals surface area contributed by atoms with Crippen molar-refractivity contribution in [2.45, 2.75) is 13.8 Å². The van der Waals surface area contributed by atoms with Crippen molar-refractivity contribution in [3.05, 3.63) is 56.6 Å². The third-order valence-corrected chi connectivity index (χ3v) is 5.02. The van der Waals surface area contributed by atoms with Gasteiger partial charge in [-0.15, -0.1) is 22.7 Å². The average molecular weight is 272 g/mol. The zero-order chi connectivity index (χ0) is 12.7. The Bertz CT molecular complexity index is 701. The maximum Gasteiger partial charge on any atom is 0.204 e. The van der Waals surface area contributed by atoms with Crippen molar-refractivity contribution < 1.29 is 4.79 Å². The molecular formula is C15H12OS2. The maximum absolute atomic E-state index is 12.5. The SMILES string of the molecule is Cc1cc(C(=O)c2cc3ccccc3s2)c(C)s1. The molecule has 0 bridgehead atoms. The predicted molar refractivity (Wildman–Crippen MR) is 79.1 cm³/mol. The van der Waals surface area contributed by atoms with Crippen LogP contribution in [0.3, 0.4) is 0 Å². The Morgan fingerprint density at radius 2 is 1.83 bits per heavy atom. The van der Waals surface area contributed by atoms with Gasteiger partial charge in [0.25, 0.3) is 0 Å². The first-order valence-corrected chi connectivity index (χ1v) is 7.39. The Hall–Kier alpha value is -1.45. The second-order valence-corrected chi connectivity index (χ2v) is 6.85. The molecule has 18 heavy (non-hydrogen) atoms. The summed E-state index contributed by atoms with van der Waals surface area (Å²) in [4.78, 5) is 15.6. The van der Waals surface area contributed by atoms with Crippen LogP contribution < -0.4 is 0 Å². The molecule has 0 aliphatic rings. The van der Waals surface area contributed by atoms with E-state index in [-0.39, 0.29) is 5.78 Å². The van der Waals surface area contributed by atoms with Gasteiger partial charge in [0.1, 0.15) is 0 Å². The summed E-state index contributed by atoms with van der Waals surface area (Å²) in [6.07, 6.45) is 0. The number of carbonyl (C=O) groups excluding carboxylic acids is 1. The highest BCUT2D eigenvalue weighted by molar-refractivity contribution is 7.21. The highest BCUT2D eigenvalue weighted by Crippen LogP contribution is 2.30. The summed E-state index contributed by atoms with van der Waals surface area (Å²) in [6, 6.07) is 12.1. The number of hydrogen-bond donors (Lipinski definition) is 0. The molecular weight excluding hydrogens is 260 g/mol. The smallest absolute Gasteiger partial charge is 0.204 e. The fourth-order valence-corrected chi connectivity index (χ4v) is 4.02. The van der Waals surface area contributed by atoms with Crippen LogP contribution in [-0.2, 0) is 0 Å². The zero-order valence-electron chi connectivity index (χ0n) is 10.2. The monoisotopic (exact) mass is 272 g/mol. The van der Waals surface area contributed by atoms with Crippen LogP contribution in [0.15, 0.2) is 36.4 Å². The van der Waals surface area contributed by atoms with Crippen LogP contribution >= 0.6 is 22.7 Å². The standard InChI is InChI=1S/C15H12OS2/c1-9-7-12(10(2)17-9)15(16)14-8-11-5-3-4-6-13(11)18-14/h3-8H,1-2H3. The molecule has 2 aromatic heterocycles. The first-order valence-electron chi connectivity index (χ1n) is 5.75. The van der Waals surface area contributed by atoms with Crippen molar-refractivity contribution in [1.82, 2.24) is 0 Å². The van der Waals surface area contributed by atoms with Crippen LogP contribution in [0.2, 0.25) is 0 Å². The van der Waals surface area contributed by atoms with E-state index >= 15 is 0 Å². The second kappa shape index (κ2) is 4.34. The summed E-state index contributed by atoms with van der Waals surface area (Å²) in [6.45, 7) is 4.05. The van der Waals surface area contributed by atoms with Crippen LogP contribution in [0, 0.1) is 13.8 Å². The molecule has 0 atom stereocenters. The van der Waals surface area contributed by atoms with Gasteiger partial charge in [-0.05, 0) is 37.4 Å². The lowest BCUT2D eigenvalue weighted by atomic mass is 10.1. The molecule has 1 nitrogen and oxygen atoms in total. The van der Waals surface area contributed by atoms with E-state index in [0.29, 0.717) is 0 Å². The van der Waals surface area contributed by atoms with Gasteiger partial charge in [-0.2, -0.15) is 0 Å². The van der Waals surface area contributed by atoms with Crippen molar-refractivity contribution >= 4 is 38.5 Å². The summed E-state index contributed by atoms with van der Waals surface area (Å²) in [7, 11) is 0. The molecule has 0 saturated carbocycles. The van der Waals surface area contributed by atoms with E-state index in [9.17, 15) is 4.79 Å². The van der Waals surface area contributed by atoms with Crippen LogP contribution in [0.25, 0.3) is 10.1 Å². The van der Waals surface area contributed by atoms with Gasteiger partial charge >= 0.3 is 0 Å². The van der Waals surface area contributed by atoms with Crippen molar-refractivity contribution in [2.24, 2.45) is 0 Å². The van der Waals surface area contributed by atoms with E-state index in [4.69, 9.17) is 0 Å². The largest absolute Gasteiger partial charge is 0.288 e. The molecule has 3 aromatic rings. The molecule has 2 heterocycles. The molecule has 0 radical (unpaired) electrons. The molecule has 90 valence electrons. The highest BCUT2D eigenvalue weighted by Gasteiger charge is 2.16. The van der Waals surface area contributed by atoms with Gasteiger partial charge in [0.2, 0.25) is 5.78 Å². The fourth-order valence-electron chi connectivity index (χ4n) is 2.08. The van der Waals surface area contributed by atoms with Crippen LogP contribution in [0.4, 0.5) is 0 Å². The predicted octanol–water partition coefficient (Wildman–Crippen LogP) is 4.81. The maximum atomic E-state index is 12.5. The Balaban J connectivity index is 2.09. The Labute approximate surface area is 114 Å². The first kappa shape index (κ1) is 11.6. The van der Waals surface area contributed by atoms with Gasteiger partial charge in [-0.25, -0.2) is 0 Å². The molecule has 0 saturated heterocycles. The molecule has 0 fully saturated rings. The summed E-state index contributed by atoms with van der Waals surface area (Å²) >= 11 is 3.26. The van der Waals surface area contributed by atoms with E-state index in [1.165, 1.54) is 9.58 Å². The van der Waals surface area contributed by atoms with E-state index in [2.05, 4.69) is 6.07 Å².